The molecule has 2 heterocycles. The van der Waals surface area contributed by atoms with Crippen molar-refractivity contribution in [1.29, 1.82) is 0 Å². The van der Waals surface area contributed by atoms with E-state index in [9.17, 15) is 4.79 Å². The van der Waals surface area contributed by atoms with Crippen LogP contribution in [0.1, 0.15) is 31.2 Å². The number of hydrogen-bond acceptors (Lipinski definition) is 10. The fraction of sp³-hybridized carbons (Fsp3) is 0.600. The maximum absolute atomic E-state index is 11.2. The van der Waals surface area contributed by atoms with Gasteiger partial charge in [-0.05, 0) is 12.8 Å². The van der Waals surface area contributed by atoms with Crippen LogP contribution in [0.5, 0.6) is 0 Å². The lowest BCUT2D eigenvalue weighted by Gasteiger charge is -2.18. The summed E-state index contributed by atoms with van der Waals surface area (Å²) in [4.78, 5) is 24.1. The van der Waals surface area contributed by atoms with E-state index in [1.54, 1.807) is 0 Å². The number of hydrogen-bond donors (Lipinski definition) is 5. The predicted molar refractivity (Wildman–Crippen MR) is 97.1 cm³/mol. The summed E-state index contributed by atoms with van der Waals surface area (Å²) in [6.45, 7) is 3.68. The van der Waals surface area contributed by atoms with Gasteiger partial charge in [0.2, 0.25) is 5.95 Å². The summed E-state index contributed by atoms with van der Waals surface area (Å²) in [6, 6.07) is 0. The van der Waals surface area contributed by atoms with Crippen LogP contribution in [-0.2, 0) is 11.3 Å². The molecule has 0 amide bonds. The minimum atomic E-state index is 0.190. The molecule has 7 N–H and O–H groups in total. The molecular weight excluding hydrogens is 322 g/mol. The molecule has 25 heavy (non-hydrogen) atoms. The molecule has 0 saturated heterocycles. The van der Waals surface area contributed by atoms with Gasteiger partial charge in [-0.15, -0.1) is 0 Å². The van der Waals surface area contributed by atoms with Crippen LogP contribution in [0, 0.1) is 0 Å². The van der Waals surface area contributed by atoms with E-state index < -0.39 is 0 Å². The summed E-state index contributed by atoms with van der Waals surface area (Å²) in [5, 5.41) is 5.31. The number of ketones is 1. The normalized spacial score (nSPS) is 16.9. The number of nitrogens with zero attached hydrogens (tertiary/aromatic N) is 4. The number of anilines is 3. The Bertz CT molecular complexity index is 649. The molecule has 1 saturated carbocycles. The third kappa shape index (κ3) is 4.41. The van der Waals surface area contributed by atoms with Crippen LogP contribution in [0.25, 0.3) is 0 Å². The highest BCUT2D eigenvalue weighted by molar-refractivity contribution is 5.95. The summed E-state index contributed by atoms with van der Waals surface area (Å²) in [6.07, 6.45) is 2.95. The average Bonchev–Trinajstić information content (AvgIpc) is 3.01. The van der Waals surface area contributed by atoms with E-state index in [0.29, 0.717) is 31.0 Å². The number of aromatic nitrogens is 2. The Morgan fingerprint density at radius 1 is 1.20 bits per heavy atom. The zero-order valence-corrected chi connectivity index (χ0v) is 14.2. The highest BCUT2D eigenvalue weighted by Gasteiger charge is 2.24. The van der Waals surface area contributed by atoms with Crippen molar-refractivity contribution in [2.45, 2.75) is 32.2 Å². The molecule has 1 aliphatic carbocycles. The van der Waals surface area contributed by atoms with Crippen LogP contribution in [-0.4, -0.2) is 47.6 Å². The Kier molecular flexibility index (Phi) is 5.74. The van der Waals surface area contributed by atoms with Crippen molar-refractivity contribution in [3.63, 3.8) is 0 Å². The summed E-state index contributed by atoms with van der Waals surface area (Å²) in [7, 11) is 0. The van der Waals surface area contributed by atoms with Crippen LogP contribution in [0.3, 0.4) is 0 Å². The molecule has 0 radical (unpaired) electrons. The second-order valence-corrected chi connectivity index (χ2v) is 6.10. The molecule has 0 atom stereocenters. The number of nitrogens with one attached hydrogen (secondary N) is 3. The number of nitrogen functional groups attached to an aromatic ring is 2. The fourth-order valence-electron chi connectivity index (χ4n) is 3.01. The molecule has 1 aromatic rings. The van der Waals surface area contributed by atoms with Crippen LogP contribution in [0.4, 0.5) is 17.6 Å². The monoisotopic (exact) mass is 347 g/mol. The highest BCUT2D eigenvalue weighted by atomic mass is 16.1. The van der Waals surface area contributed by atoms with Gasteiger partial charge in [-0.1, -0.05) is 0 Å². The molecule has 0 bridgehead atoms. The molecule has 136 valence electrons. The molecule has 0 unspecified atom stereocenters. The van der Waals surface area contributed by atoms with Gasteiger partial charge in [0.05, 0.1) is 12.1 Å². The molecule has 1 fully saturated rings. The smallest absolute Gasteiger partial charge is 0.224 e. The molecule has 10 nitrogen and oxygen atoms in total. The Hall–Kier alpha value is -2.30. The topological polar surface area (TPSA) is 147 Å². The number of hydrazine groups is 2. The van der Waals surface area contributed by atoms with E-state index in [2.05, 4.69) is 31.1 Å². The van der Waals surface area contributed by atoms with E-state index in [4.69, 9.17) is 11.6 Å². The van der Waals surface area contributed by atoms with E-state index in [1.807, 2.05) is 5.01 Å². The number of nitrogens with two attached hydrogens (primary N) is 2. The quantitative estimate of drug-likeness (QED) is 0.246. The second-order valence-electron chi connectivity index (χ2n) is 6.10. The van der Waals surface area contributed by atoms with Crippen molar-refractivity contribution in [3.05, 3.63) is 5.56 Å². The number of aliphatic imine (C=N–C) groups is 1. The van der Waals surface area contributed by atoms with Gasteiger partial charge in [0.15, 0.2) is 11.6 Å². The number of carbonyl (C=O) groups excluding carboxylic acids is 1. The zero-order chi connectivity index (χ0) is 17.6. The first kappa shape index (κ1) is 17.5. The van der Waals surface area contributed by atoms with Gasteiger partial charge in [0, 0.05) is 44.7 Å². The van der Waals surface area contributed by atoms with E-state index in [-0.39, 0.29) is 5.95 Å². The summed E-state index contributed by atoms with van der Waals surface area (Å²) < 4.78 is 0. The van der Waals surface area contributed by atoms with E-state index >= 15 is 0 Å². The van der Waals surface area contributed by atoms with Crippen molar-refractivity contribution < 1.29 is 4.79 Å². The summed E-state index contributed by atoms with van der Waals surface area (Å²) in [5.74, 6) is 7.33. The first-order chi connectivity index (χ1) is 12.2. The van der Waals surface area contributed by atoms with Crippen LogP contribution < -0.4 is 32.8 Å². The van der Waals surface area contributed by atoms with Gasteiger partial charge >= 0.3 is 0 Å². The van der Waals surface area contributed by atoms with Crippen LogP contribution in [0.2, 0.25) is 0 Å². The first-order valence-electron chi connectivity index (χ1n) is 8.56. The molecular formula is C15H25N9O. The summed E-state index contributed by atoms with van der Waals surface area (Å²) >= 11 is 0. The lowest BCUT2D eigenvalue weighted by atomic mass is 9.97. The predicted octanol–water partition coefficient (Wildman–Crippen LogP) is -0.657. The molecule has 2 aliphatic rings. The van der Waals surface area contributed by atoms with Crippen molar-refractivity contribution in [2.24, 2.45) is 10.8 Å². The van der Waals surface area contributed by atoms with Crippen molar-refractivity contribution in [2.75, 3.05) is 42.3 Å². The lowest BCUT2D eigenvalue weighted by molar-refractivity contribution is -0.119. The second kappa shape index (κ2) is 8.19. The number of Topliss-reactive ketones (excluding diaryl/α,β-unsaturated/α-hetero) is 1. The van der Waals surface area contributed by atoms with Crippen LogP contribution in [0.15, 0.2) is 4.99 Å². The Labute approximate surface area is 146 Å². The first-order valence-corrected chi connectivity index (χ1v) is 8.56. The molecule has 1 aliphatic heterocycles. The van der Waals surface area contributed by atoms with Crippen molar-refractivity contribution in [1.82, 2.24) is 20.7 Å². The highest BCUT2D eigenvalue weighted by Crippen LogP contribution is 2.28. The largest absolute Gasteiger partial charge is 0.368 e. The molecule has 0 spiro atoms. The standard InChI is InChI=1S/C15H25N9O/c16-15-21-13(23-17)12-9-20-24(14(12)22-15)8-7-18-5-6-19-10-1-3-11(25)4-2-10/h18,20H,1-9,17H2,(H3,16,21,22,23). The lowest BCUT2D eigenvalue weighted by Crippen LogP contribution is -2.38. The minimum Gasteiger partial charge on any atom is -0.368 e. The van der Waals surface area contributed by atoms with Crippen LogP contribution >= 0.6 is 0 Å². The minimum absolute atomic E-state index is 0.190. The van der Waals surface area contributed by atoms with E-state index in [1.165, 1.54) is 5.71 Å². The van der Waals surface area contributed by atoms with Gasteiger partial charge < -0.3 is 16.5 Å². The number of carbonyl (C=O) groups is 1. The molecule has 3 rings (SSSR count). The average molecular weight is 347 g/mol. The van der Waals surface area contributed by atoms with Gasteiger partial charge in [0.1, 0.15) is 5.78 Å². The maximum Gasteiger partial charge on any atom is 0.224 e. The fourth-order valence-corrected chi connectivity index (χ4v) is 3.01. The maximum atomic E-state index is 11.2. The Morgan fingerprint density at radius 2 is 2.00 bits per heavy atom. The van der Waals surface area contributed by atoms with Crippen molar-refractivity contribution >= 4 is 29.1 Å². The van der Waals surface area contributed by atoms with Gasteiger partial charge in [-0.25, -0.2) is 11.3 Å². The van der Waals surface area contributed by atoms with Crippen molar-refractivity contribution in [3.8, 4) is 0 Å². The number of rotatable bonds is 7. The SMILES string of the molecule is NNc1nc(N)nc2c1CNN2CCNCCN=C1CCC(=O)CC1. The zero-order valence-electron chi connectivity index (χ0n) is 14.2. The van der Waals surface area contributed by atoms with Gasteiger partial charge in [0.25, 0.3) is 0 Å². The number of fused-ring (bicyclic) bond motifs is 1. The van der Waals surface area contributed by atoms with E-state index in [0.717, 1.165) is 50.4 Å². The third-order valence-corrected chi connectivity index (χ3v) is 4.36. The summed E-state index contributed by atoms with van der Waals surface area (Å²) in [5.41, 5.74) is 13.6. The van der Waals surface area contributed by atoms with Gasteiger partial charge in [-0.2, -0.15) is 9.97 Å². The molecule has 10 heteroatoms. The molecule has 0 aromatic carbocycles. The molecule has 1 aromatic heterocycles. The Balaban J connectivity index is 1.40. The third-order valence-electron chi connectivity index (χ3n) is 4.36. The van der Waals surface area contributed by atoms with Gasteiger partial charge in [-0.3, -0.25) is 14.8 Å². The Morgan fingerprint density at radius 3 is 2.76 bits per heavy atom.